The zero-order valence-electron chi connectivity index (χ0n) is 16.4. The molecule has 0 unspecified atom stereocenters. The first kappa shape index (κ1) is 22.4. The van der Waals surface area contributed by atoms with E-state index in [2.05, 4.69) is 17.2 Å². The quantitative estimate of drug-likeness (QED) is 0.632. The highest BCUT2D eigenvalue weighted by Crippen LogP contribution is 2.20. The average Bonchev–Trinajstić information content (AvgIpc) is 2.67. The fourth-order valence-electron chi connectivity index (χ4n) is 2.61. The number of amides is 2. The van der Waals surface area contributed by atoms with Crippen molar-refractivity contribution in [2.24, 2.45) is 0 Å². The fraction of sp³-hybridized carbons (Fsp3) is 0.273. The SMILES string of the molecule is C=C(CCC(=O)N[C@H](C)c1cccc(C)c1)NC(=O)COc1ccc(Cl)c(F)c1. The number of ether oxygens (including phenoxy) is 1. The summed E-state index contributed by atoms with van der Waals surface area (Å²) in [6.45, 7) is 7.36. The van der Waals surface area contributed by atoms with Crippen LogP contribution in [-0.2, 0) is 9.59 Å². The first-order chi connectivity index (χ1) is 13.7. The van der Waals surface area contributed by atoms with Gasteiger partial charge in [-0.05, 0) is 38.0 Å². The molecule has 0 radical (unpaired) electrons. The second-order valence-corrected chi connectivity index (χ2v) is 7.13. The third kappa shape index (κ3) is 7.58. The Morgan fingerprint density at radius 3 is 2.62 bits per heavy atom. The fourth-order valence-corrected chi connectivity index (χ4v) is 2.73. The highest BCUT2D eigenvalue weighted by atomic mass is 35.5. The van der Waals surface area contributed by atoms with Crippen LogP contribution in [0.25, 0.3) is 0 Å². The van der Waals surface area contributed by atoms with Crippen molar-refractivity contribution in [3.63, 3.8) is 0 Å². The van der Waals surface area contributed by atoms with Crippen molar-refractivity contribution in [1.82, 2.24) is 10.6 Å². The van der Waals surface area contributed by atoms with Crippen molar-refractivity contribution >= 4 is 23.4 Å². The van der Waals surface area contributed by atoms with Crippen molar-refractivity contribution in [3.8, 4) is 5.75 Å². The molecule has 29 heavy (non-hydrogen) atoms. The number of benzene rings is 2. The van der Waals surface area contributed by atoms with Crippen LogP contribution in [0, 0.1) is 12.7 Å². The highest BCUT2D eigenvalue weighted by Gasteiger charge is 2.11. The lowest BCUT2D eigenvalue weighted by Crippen LogP contribution is -2.30. The van der Waals surface area contributed by atoms with Gasteiger partial charge in [-0.2, -0.15) is 0 Å². The van der Waals surface area contributed by atoms with Gasteiger partial charge in [0, 0.05) is 18.2 Å². The maximum absolute atomic E-state index is 13.3. The Bertz CT molecular complexity index is 901. The Morgan fingerprint density at radius 1 is 1.17 bits per heavy atom. The predicted molar refractivity (Wildman–Crippen MR) is 111 cm³/mol. The van der Waals surface area contributed by atoms with E-state index in [1.54, 1.807) is 0 Å². The van der Waals surface area contributed by atoms with Crippen LogP contribution in [0.15, 0.2) is 54.7 Å². The summed E-state index contributed by atoms with van der Waals surface area (Å²) in [7, 11) is 0. The number of carbonyl (C=O) groups excluding carboxylic acids is 2. The van der Waals surface area contributed by atoms with Gasteiger partial charge >= 0.3 is 0 Å². The zero-order valence-corrected chi connectivity index (χ0v) is 17.2. The normalized spacial score (nSPS) is 11.4. The molecule has 2 N–H and O–H groups in total. The molecule has 0 saturated carbocycles. The van der Waals surface area contributed by atoms with Crippen LogP contribution in [0.1, 0.15) is 36.9 Å². The summed E-state index contributed by atoms with van der Waals surface area (Å²) in [5.74, 6) is -1.02. The minimum Gasteiger partial charge on any atom is -0.484 e. The van der Waals surface area contributed by atoms with E-state index in [-0.39, 0.29) is 35.7 Å². The molecule has 5 nitrogen and oxygen atoms in total. The van der Waals surface area contributed by atoms with Crippen LogP contribution in [0.5, 0.6) is 5.75 Å². The lowest BCUT2D eigenvalue weighted by Gasteiger charge is -2.15. The zero-order chi connectivity index (χ0) is 21.4. The molecule has 1 atom stereocenters. The molecule has 7 heteroatoms. The van der Waals surface area contributed by atoms with E-state index in [1.807, 2.05) is 38.1 Å². The number of hydrogen-bond acceptors (Lipinski definition) is 3. The molecule has 0 aliphatic rings. The molecule has 2 aromatic carbocycles. The largest absolute Gasteiger partial charge is 0.484 e. The number of halogens is 2. The number of allylic oxidation sites excluding steroid dienone is 1. The summed E-state index contributed by atoms with van der Waals surface area (Å²) in [5.41, 5.74) is 2.56. The van der Waals surface area contributed by atoms with Gasteiger partial charge in [0.05, 0.1) is 11.1 Å². The standard InChI is InChI=1S/C22H24ClFN2O3/c1-14-5-4-6-17(11-14)16(3)26-21(27)10-7-15(2)25-22(28)13-29-18-8-9-19(23)20(24)12-18/h4-6,8-9,11-12,16H,2,7,10,13H2,1,3H3,(H,25,28)(H,26,27)/t16-/m1/s1. The number of carbonyl (C=O) groups is 2. The van der Waals surface area contributed by atoms with Gasteiger partial charge in [0.25, 0.3) is 5.91 Å². The maximum Gasteiger partial charge on any atom is 0.262 e. The Kier molecular flexibility index (Phi) is 8.21. The molecule has 2 rings (SSSR count). The minimum absolute atomic E-state index is 0.0230. The lowest BCUT2D eigenvalue weighted by molar-refractivity contribution is -0.123. The second-order valence-electron chi connectivity index (χ2n) is 6.72. The Hall–Kier alpha value is -2.86. The summed E-state index contributed by atoms with van der Waals surface area (Å²) in [4.78, 5) is 24.0. The van der Waals surface area contributed by atoms with E-state index in [0.29, 0.717) is 12.1 Å². The molecular weight excluding hydrogens is 395 g/mol. The maximum atomic E-state index is 13.3. The van der Waals surface area contributed by atoms with Crippen LogP contribution in [0.3, 0.4) is 0 Å². The first-order valence-corrected chi connectivity index (χ1v) is 9.54. The molecule has 0 saturated heterocycles. The van der Waals surface area contributed by atoms with Gasteiger partial charge in [-0.25, -0.2) is 4.39 Å². The molecule has 154 valence electrons. The second kappa shape index (κ2) is 10.6. The molecule has 0 bridgehead atoms. The Morgan fingerprint density at radius 2 is 1.93 bits per heavy atom. The van der Waals surface area contributed by atoms with E-state index in [9.17, 15) is 14.0 Å². The van der Waals surface area contributed by atoms with Crippen molar-refractivity contribution in [2.45, 2.75) is 32.7 Å². The lowest BCUT2D eigenvalue weighted by atomic mass is 10.1. The van der Waals surface area contributed by atoms with Crippen LogP contribution in [0.2, 0.25) is 5.02 Å². The van der Waals surface area contributed by atoms with Gasteiger partial charge in [-0.3, -0.25) is 9.59 Å². The van der Waals surface area contributed by atoms with Gasteiger partial charge in [0.1, 0.15) is 11.6 Å². The summed E-state index contributed by atoms with van der Waals surface area (Å²) in [6, 6.07) is 11.7. The molecule has 2 aromatic rings. The molecule has 0 aromatic heterocycles. The minimum atomic E-state index is -0.625. The molecular formula is C22H24ClFN2O3. The van der Waals surface area contributed by atoms with Gasteiger partial charge in [-0.15, -0.1) is 0 Å². The number of rotatable bonds is 9. The molecule has 2 amide bonds. The smallest absolute Gasteiger partial charge is 0.262 e. The highest BCUT2D eigenvalue weighted by molar-refractivity contribution is 6.30. The van der Waals surface area contributed by atoms with E-state index >= 15 is 0 Å². The van der Waals surface area contributed by atoms with Crippen molar-refractivity contribution in [3.05, 3.63) is 76.7 Å². The van der Waals surface area contributed by atoms with Crippen molar-refractivity contribution < 1.29 is 18.7 Å². The molecule has 0 spiro atoms. The molecule has 0 aliphatic carbocycles. The third-order valence-corrected chi connectivity index (χ3v) is 4.46. The predicted octanol–water partition coefficient (Wildman–Crippen LogP) is 4.45. The Balaban J connectivity index is 1.70. The van der Waals surface area contributed by atoms with Crippen LogP contribution >= 0.6 is 11.6 Å². The van der Waals surface area contributed by atoms with E-state index < -0.39 is 11.7 Å². The topological polar surface area (TPSA) is 67.4 Å². The van der Waals surface area contributed by atoms with Crippen LogP contribution < -0.4 is 15.4 Å². The average molecular weight is 419 g/mol. The third-order valence-electron chi connectivity index (χ3n) is 4.15. The molecule has 0 heterocycles. The first-order valence-electron chi connectivity index (χ1n) is 9.16. The van der Waals surface area contributed by atoms with Gasteiger partial charge < -0.3 is 15.4 Å². The summed E-state index contributed by atoms with van der Waals surface area (Å²) in [6.07, 6.45) is 0.492. The molecule has 0 fully saturated rings. The van der Waals surface area contributed by atoms with Gasteiger partial charge in [0.2, 0.25) is 5.91 Å². The summed E-state index contributed by atoms with van der Waals surface area (Å²) < 4.78 is 18.6. The van der Waals surface area contributed by atoms with Crippen molar-refractivity contribution in [2.75, 3.05) is 6.61 Å². The monoisotopic (exact) mass is 418 g/mol. The van der Waals surface area contributed by atoms with Crippen LogP contribution in [0.4, 0.5) is 4.39 Å². The molecule has 0 aliphatic heterocycles. The van der Waals surface area contributed by atoms with E-state index in [4.69, 9.17) is 16.3 Å². The van der Waals surface area contributed by atoms with Crippen molar-refractivity contribution in [1.29, 1.82) is 0 Å². The van der Waals surface area contributed by atoms with E-state index in [0.717, 1.165) is 17.2 Å². The van der Waals surface area contributed by atoms with Gasteiger partial charge in [0.15, 0.2) is 6.61 Å². The van der Waals surface area contributed by atoms with Gasteiger partial charge in [-0.1, -0.05) is 48.0 Å². The number of nitrogens with one attached hydrogen (secondary N) is 2. The number of hydrogen-bond donors (Lipinski definition) is 2. The number of aryl methyl sites for hydroxylation is 1. The van der Waals surface area contributed by atoms with Crippen LogP contribution in [-0.4, -0.2) is 18.4 Å². The Labute approximate surface area is 174 Å². The summed E-state index contributed by atoms with van der Waals surface area (Å²) in [5, 5.41) is 5.47. The van der Waals surface area contributed by atoms with E-state index in [1.165, 1.54) is 12.1 Å². The summed E-state index contributed by atoms with van der Waals surface area (Å²) >= 11 is 5.59.